The van der Waals surface area contributed by atoms with Gasteiger partial charge < -0.3 is 10.0 Å². The molecule has 1 amide bonds. The molecule has 114 valence electrons. The van der Waals surface area contributed by atoms with Gasteiger partial charge in [0, 0.05) is 41.2 Å². The fraction of sp³-hybridized carbons (Fsp3) is 0.294. The molecule has 0 atom stereocenters. The third-order valence-corrected chi connectivity index (χ3v) is 5.15. The molecule has 2 aromatic rings. The molecule has 3 rings (SSSR count). The second kappa shape index (κ2) is 6.83. The molecule has 0 spiro atoms. The van der Waals surface area contributed by atoms with E-state index >= 15 is 0 Å². The summed E-state index contributed by atoms with van der Waals surface area (Å²) in [5, 5.41) is 9.83. The SMILES string of the molecule is O=C(c1ccncc1)N1CCC(Sc2ccc(O)cc2)CC1. The molecule has 1 N–H and O–H groups in total. The summed E-state index contributed by atoms with van der Waals surface area (Å²) in [6, 6.07) is 10.8. The fourth-order valence-electron chi connectivity index (χ4n) is 2.57. The van der Waals surface area contributed by atoms with Crippen molar-refractivity contribution in [2.45, 2.75) is 23.0 Å². The first-order valence-corrected chi connectivity index (χ1v) is 8.25. The topological polar surface area (TPSA) is 53.4 Å². The van der Waals surface area contributed by atoms with E-state index in [4.69, 9.17) is 0 Å². The summed E-state index contributed by atoms with van der Waals surface area (Å²) < 4.78 is 0. The molecule has 22 heavy (non-hydrogen) atoms. The smallest absolute Gasteiger partial charge is 0.253 e. The van der Waals surface area contributed by atoms with E-state index in [-0.39, 0.29) is 5.91 Å². The van der Waals surface area contributed by atoms with Crippen LogP contribution in [0.1, 0.15) is 23.2 Å². The Morgan fingerprint density at radius 3 is 2.36 bits per heavy atom. The number of amides is 1. The summed E-state index contributed by atoms with van der Waals surface area (Å²) in [4.78, 5) is 19.4. The first-order chi connectivity index (χ1) is 10.7. The number of aromatic hydroxyl groups is 1. The summed E-state index contributed by atoms with van der Waals surface area (Å²) in [5.74, 6) is 0.387. The number of hydrogen-bond acceptors (Lipinski definition) is 4. The lowest BCUT2D eigenvalue weighted by molar-refractivity contribution is 0.0727. The van der Waals surface area contributed by atoms with Gasteiger partial charge in [0.15, 0.2) is 0 Å². The van der Waals surface area contributed by atoms with Crippen LogP contribution in [0.5, 0.6) is 5.75 Å². The van der Waals surface area contributed by atoms with Crippen molar-refractivity contribution in [3.05, 3.63) is 54.4 Å². The van der Waals surface area contributed by atoms with Crippen molar-refractivity contribution in [3.63, 3.8) is 0 Å². The number of piperidine rings is 1. The Morgan fingerprint density at radius 1 is 1.09 bits per heavy atom. The number of carbonyl (C=O) groups is 1. The Morgan fingerprint density at radius 2 is 1.73 bits per heavy atom. The Bertz CT molecular complexity index is 623. The lowest BCUT2D eigenvalue weighted by Crippen LogP contribution is -2.39. The van der Waals surface area contributed by atoms with Gasteiger partial charge in [0.1, 0.15) is 5.75 Å². The molecule has 0 unspecified atom stereocenters. The van der Waals surface area contributed by atoms with E-state index in [0.29, 0.717) is 16.6 Å². The number of rotatable bonds is 3. The number of likely N-dealkylation sites (tertiary alicyclic amines) is 1. The lowest BCUT2D eigenvalue weighted by Gasteiger charge is -2.31. The largest absolute Gasteiger partial charge is 0.508 e. The van der Waals surface area contributed by atoms with Crippen LogP contribution in [-0.4, -0.2) is 39.2 Å². The number of aromatic nitrogens is 1. The molecule has 2 heterocycles. The van der Waals surface area contributed by atoms with Crippen LogP contribution >= 0.6 is 11.8 Å². The predicted octanol–water partition coefficient (Wildman–Crippen LogP) is 3.18. The van der Waals surface area contributed by atoms with Gasteiger partial charge in [-0.3, -0.25) is 9.78 Å². The molecule has 5 heteroatoms. The molecule has 1 aliphatic rings. The van der Waals surface area contributed by atoms with Gasteiger partial charge in [0.05, 0.1) is 0 Å². The normalized spacial score (nSPS) is 15.7. The Labute approximate surface area is 134 Å². The molecule has 1 aliphatic heterocycles. The molecule has 4 nitrogen and oxygen atoms in total. The molecule has 1 aromatic carbocycles. The maximum absolute atomic E-state index is 12.4. The van der Waals surface area contributed by atoms with Crippen LogP contribution in [0, 0.1) is 0 Å². The van der Waals surface area contributed by atoms with Crippen LogP contribution in [-0.2, 0) is 0 Å². The van der Waals surface area contributed by atoms with Gasteiger partial charge in [-0.1, -0.05) is 0 Å². The first-order valence-electron chi connectivity index (χ1n) is 7.37. The van der Waals surface area contributed by atoms with E-state index in [2.05, 4.69) is 4.98 Å². The van der Waals surface area contributed by atoms with Crippen LogP contribution in [0.15, 0.2) is 53.7 Å². The number of phenols is 1. The minimum atomic E-state index is 0.0930. The van der Waals surface area contributed by atoms with Gasteiger partial charge in [0.25, 0.3) is 5.91 Å². The molecule has 1 aromatic heterocycles. The molecule has 0 radical (unpaired) electrons. The second-order valence-electron chi connectivity index (χ2n) is 5.34. The predicted molar refractivity (Wildman–Crippen MR) is 87.1 cm³/mol. The van der Waals surface area contributed by atoms with E-state index in [9.17, 15) is 9.90 Å². The van der Waals surface area contributed by atoms with Crippen molar-refractivity contribution >= 4 is 17.7 Å². The summed E-state index contributed by atoms with van der Waals surface area (Å²) in [6.07, 6.45) is 5.28. The summed E-state index contributed by atoms with van der Waals surface area (Å²) in [6.45, 7) is 1.58. The Hall–Kier alpha value is -2.01. The van der Waals surface area contributed by atoms with Crippen molar-refractivity contribution in [3.8, 4) is 5.75 Å². The van der Waals surface area contributed by atoms with Crippen molar-refractivity contribution in [2.75, 3.05) is 13.1 Å². The van der Waals surface area contributed by atoms with Crippen molar-refractivity contribution < 1.29 is 9.90 Å². The van der Waals surface area contributed by atoms with E-state index in [1.54, 1.807) is 36.7 Å². The quantitative estimate of drug-likeness (QED) is 0.945. The number of hydrogen-bond donors (Lipinski definition) is 1. The highest BCUT2D eigenvalue weighted by molar-refractivity contribution is 8.00. The maximum Gasteiger partial charge on any atom is 0.253 e. The molecule has 1 saturated heterocycles. The molecular formula is C17H18N2O2S. The lowest BCUT2D eigenvalue weighted by atomic mass is 10.1. The van der Waals surface area contributed by atoms with Crippen LogP contribution < -0.4 is 0 Å². The van der Waals surface area contributed by atoms with Crippen molar-refractivity contribution in [2.24, 2.45) is 0 Å². The van der Waals surface area contributed by atoms with Gasteiger partial charge in [-0.15, -0.1) is 11.8 Å². The summed E-state index contributed by atoms with van der Waals surface area (Å²) in [7, 11) is 0. The average molecular weight is 314 g/mol. The number of benzene rings is 1. The van der Waals surface area contributed by atoms with E-state index in [0.717, 1.165) is 30.8 Å². The minimum Gasteiger partial charge on any atom is -0.508 e. The standard InChI is InChI=1S/C17H18N2O2S/c20-14-1-3-15(4-2-14)22-16-7-11-19(12-8-16)17(21)13-5-9-18-10-6-13/h1-6,9-10,16,20H,7-8,11-12H2. The molecular weight excluding hydrogens is 296 g/mol. The highest BCUT2D eigenvalue weighted by Gasteiger charge is 2.24. The monoisotopic (exact) mass is 314 g/mol. The van der Waals surface area contributed by atoms with Crippen LogP contribution in [0.25, 0.3) is 0 Å². The third kappa shape index (κ3) is 3.60. The van der Waals surface area contributed by atoms with E-state index in [1.165, 1.54) is 0 Å². The first kappa shape index (κ1) is 14.9. The number of phenolic OH excluding ortho intramolecular Hbond substituents is 1. The Kier molecular flexibility index (Phi) is 4.63. The van der Waals surface area contributed by atoms with Crippen LogP contribution in [0.2, 0.25) is 0 Å². The number of pyridine rings is 1. The minimum absolute atomic E-state index is 0.0930. The van der Waals surface area contributed by atoms with Gasteiger partial charge >= 0.3 is 0 Å². The molecule has 0 saturated carbocycles. The average Bonchev–Trinajstić information content (AvgIpc) is 2.58. The van der Waals surface area contributed by atoms with Crippen molar-refractivity contribution in [1.82, 2.24) is 9.88 Å². The van der Waals surface area contributed by atoms with Crippen molar-refractivity contribution in [1.29, 1.82) is 0 Å². The number of nitrogens with zero attached hydrogens (tertiary/aromatic N) is 2. The number of carbonyl (C=O) groups excluding carboxylic acids is 1. The summed E-state index contributed by atoms with van der Waals surface area (Å²) >= 11 is 1.82. The van der Waals surface area contributed by atoms with Gasteiger partial charge in [0.2, 0.25) is 0 Å². The molecule has 1 fully saturated rings. The summed E-state index contributed by atoms with van der Waals surface area (Å²) in [5.41, 5.74) is 0.708. The maximum atomic E-state index is 12.4. The van der Waals surface area contributed by atoms with Gasteiger partial charge in [-0.05, 0) is 49.2 Å². The number of thioether (sulfide) groups is 1. The van der Waals surface area contributed by atoms with E-state index < -0.39 is 0 Å². The zero-order valence-electron chi connectivity index (χ0n) is 12.2. The highest BCUT2D eigenvalue weighted by Crippen LogP contribution is 2.31. The third-order valence-electron chi connectivity index (χ3n) is 3.80. The fourth-order valence-corrected chi connectivity index (χ4v) is 3.70. The van der Waals surface area contributed by atoms with Gasteiger partial charge in [-0.25, -0.2) is 0 Å². The zero-order chi connectivity index (χ0) is 15.4. The molecule has 0 aliphatic carbocycles. The zero-order valence-corrected chi connectivity index (χ0v) is 13.0. The van der Waals surface area contributed by atoms with Gasteiger partial charge in [-0.2, -0.15) is 0 Å². The van der Waals surface area contributed by atoms with Crippen LogP contribution in [0.4, 0.5) is 0 Å². The van der Waals surface area contributed by atoms with Crippen LogP contribution in [0.3, 0.4) is 0 Å². The second-order valence-corrected chi connectivity index (χ2v) is 6.71. The Balaban J connectivity index is 1.54. The highest BCUT2D eigenvalue weighted by atomic mass is 32.2. The molecule has 0 bridgehead atoms. The van der Waals surface area contributed by atoms with E-state index in [1.807, 2.05) is 28.8 Å².